The molecule has 2 saturated heterocycles. The number of ether oxygens (including phenoxy) is 1. The number of hydrazine groups is 1. The SMILES string of the molecule is c1ccc(CN2CCCC(NN3CCOCC3)C2)cc1. The molecule has 2 aliphatic rings. The lowest BCUT2D eigenvalue weighted by Gasteiger charge is -2.37. The van der Waals surface area contributed by atoms with E-state index in [1.54, 1.807) is 0 Å². The monoisotopic (exact) mass is 275 g/mol. The van der Waals surface area contributed by atoms with Gasteiger partial charge in [0.15, 0.2) is 0 Å². The molecule has 1 atom stereocenters. The van der Waals surface area contributed by atoms with Gasteiger partial charge in [-0.05, 0) is 24.9 Å². The second-order valence-corrected chi connectivity index (χ2v) is 5.79. The molecule has 20 heavy (non-hydrogen) atoms. The van der Waals surface area contributed by atoms with Crippen molar-refractivity contribution in [3.8, 4) is 0 Å². The van der Waals surface area contributed by atoms with Crippen molar-refractivity contribution in [3.63, 3.8) is 0 Å². The molecule has 0 spiro atoms. The fourth-order valence-electron chi connectivity index (χ4n) is 3.10. The predicted octanol–water partition coefficient (Wildman–Crippen LogP) is 1.49. The van der Waals surface area contributed by atoms with Crippen LogP contribution in [0, 0.1) is 0 Å². The van der Waals surface area contributed by atoms with Gasteiger partial charge in [-0.1, -0.05) is 30.3 Å². The molecule has 1 N–H and O–H groups in total. The van der Waals surface area contributed by atoms with E-state index >= 15 is 0 Å². The number of benzene rings is 1. The molecular weight excluding hydrogens is 250 g/mol. The Bertz CT molecular complexity index is 392. The summed E-state index contributed by atoms with van der Waals surface area (Å²) in [5, 5.41) is 2.33. The average molecular weight is 275 g/mol. The molecule has 0 aromatic heterocycles. The predicted molar refractivity (Wildman–Crippen MR) is 80.3 cm³/mol. The van der Waals surface area contributed by atoms with Crippen molar-refractivity contribution < 1.29 is 4.74 Å². The van der Waals surface area contributed by atoms with Crippen LogP contribution >= 0.6 is 0 Å². The van der Waals surface area contributed by atoms with E-state index in [1.807, 2.05) is 0 Å². The average Bonchev–Trinajstić information content (AvgIpc) is 2.50. The molecule has 2 fully saturated rings. The number of likely N-dealkylation sites (tertiary alicyclic amines) is 1. The minimum atomic E-state index is 0.588. The highest BCUT2D eigenvalue weighted by Crippen LogP contribution is 2.14. The lowest BCUT2D eigenvalue weighted by molar-refractivity contribution is -0.00469. The molecule has 0 radical (unpaired) electrons. The van der Waals surface area contributed by atoms with Crippen LogP contribution in [0.4, 0.5) is 0 Å². The molecule has 2 heterocycles. The third kappa shape index (κ3) is 4.03. The first-order valence-electron chi connectivity index (χ1n) is 7.75. The van der Waals surface area contributed by atoms with E-state index < -0.39 is 0 Å². The van der Waals surface area contributed by atoms with Gasteiger partial charge in [-0.25, -0.2) is 5.01 Å². The van der Waals surface area contributed by atoms with Crippen LogP contribution in [-0.2, 0) is 11.3 Å². The topological polar surface area (TPSA) is 27.7 Å². The number of morpholine rings is 1. The van der Waals surface area contributed by atoms with Crippen molar-refractivity contribution in [1.29, 1.82) is 0 Å². The molecule has 3 rings (SSSR count). The molecule has 2 aliphatic heterocycles. The van der Waals surface area contributed by atoms with Gasteiger partial charge in [0.2, 0.25) is 0 Å². The Balaban J connectivity index is 1.48. The maximum atomic E-state index is 5.40. The summed E-state index contributed by atoms with van der Waals surface area (Å²) in [6.07, 6.45) is 2.57. The summed E-state index contributed by atoms with van der Waals surface area (Å²) < 4.78 is 5.40. The molecule has 0 saturated carbocycles. The van der Waals surface area contributed by atoms with Crippen LogP contribution in [0.2, 0.25) is 0 Å². The van der Waals surface area contributed by atoms with Gasteiger partial charge in [0.1, 0.15) is 0 Å². The summed E-state index contributed by atoms with van der Waals surface area (Å²) in [4.78, 5) is 2.57. The van der Waals surface area contributed by atoms with Crippen molar-refractivity contribution in [2.75, 3.05) is 39.4 Å². The van der Waals surface area contributed by atoms with E-state index in [1.165, 1.54) is 24.9 Å². The van der Waals surface area contributed by atoms with Crippen molar-refractivity contribution in [3.05, 3.63) is 35.9 Å². The van der Waals surface area contributed by atoms with Crippen molar-refractivity contribution >= 4 is 0 Å². The molecule has 0 bridgehead atoms. The zero-order valence-corrected chi connectivity index (χ0v) is 12.1. The van der Waals surface area contributed by atoms with Crippen LogP contribution in [0.15, 0.2) is 30.3 Å². The molecule has 0 aliphatic carbocycles. The Kier molecular flexibility index (Phi) is 5.03. The molecule has 110 valence electrons. The van der Waals surface area contributed by atoms with Crippen molar-refractivity contribution in [2.24, 2.45) is 0 Å². The fraction of sp³-hybridized carbons (Fsp3) is 0.625. The number of nitrogens with zero attached hydrogens (tertiary/aromatic N) is 2. The van der Waals surface area contributed by atoms with Gasteiger partial charge in [0.05, 0.1) is 13.2 Å². The van der Waals surface area contributed by atoms with Crippen LogP contribution in [-0.4, -0.2) is 55.3 Å². The molecule has 1 aromatic rings. The van der Waals surface area contributed by atoms with Gasteiger partial charge in [-0.15, -0.1) is 0 Å². The van der Waals surface area contributed by atoms with Gasteiger partial charge in [0, 0.05) is 32.2 Å². The highest BCUT2D eigenvalue weighted by Gasteiger charge is 2.22. The van der Waals surface area contributed by atoms with Gasteiger partial charge in [-0.3, -0.25) is 10.3 Å². The van der Waals surface area contributed by atoms with Gasteiger partial charge >= 0.3 is 0 Å². The summed E-state index contributed by atoms with van der Waals surface area (Å²) in [7, 11) is 0. The summed E-state index contributed by atoms with van der Waals surface area (Å²) >= 11 is 0. The first-order valence-corrected chi connectivity index (χ1v) is 7.75. The molecule has 1 aromatic carbocycles. The molecule has 1 unspecified atom stereocenters. The maximum absolute atomic E-state index is 5.40. The van der Waals surface area contributed by atoms with E-state index in [9.17, 15) is 0 Å². The Morgan fingerprint density at radius 3 is 2.70 bits per heavy atom. The Hall–Kier alpha value is -0.940. The van der Waals surface area contributed by atoms with E-state index in [0.29, 0.717) is 6.04 Å². The summed E-state index contributed by atoms with van der Waals surface area (Å²) in [6, 6.07) is 11.4. The number of hydrogen-bond donors (Lipinski definition) is 1. The van der Waals surface area contributed by atoms with Crippen LogP contribution in [0.3, 0.4) is 0 Å². The fourth-order valence-corrected chi connectivity index (χ4v) is 3.10. The van der Waals surface area contributed by atoms with Crippen LogP contribution in [0.25, 0.3) is 0 Å². The highest BCUT2D eigenvalue weighted by molar-refractivity contribution is 5.14. The number of nitrogens with one attached hydrogen (secondary N) is 1. The minimum Gasteiger partial charge on any atom is -0.379 e. The van der Waals surface area contributed by atoms with Crippen LogP contribution in [0.5, 0.6) is 0 Å². The number of hydrogen-bond acceptors (Lipinski definition) is 4. The zero-order chi connectivity index (χ0) is 13.6. The standard InChI is InChI=1S/C16H25N3O/c1-2-5-15(6-3-1)13-18-8-4-7-16(14-18)17-19-9-11-20-12-10-19/h1-3,5-6,16-17H,4,7-14H2. The minimum absolute atomic E-state index is 0.588. The molecule has 0 amide bonds. The highest BCUT2D eigenvalue weighted by atomic mass is 16.5. The second-order valence-electron chi connectivity index (χ2n) is 5.79. The first kappa shape index (κ1) is 14.0. The molecule has 4 heteroatoms. The lowest BCUT2D eigenvalue weighted by Crippen LogP contribution is -2.54. The first-order chi connectivity index (χ1) is 9.90. The van der Waals surface area contributed by atoms with Gasteiger partial charge in [-0.2, -0.15) is 0 Å². The van der Waals surface area contributed by atoms with Crippen molar-refractivity contribution in [1.82, 2.24) is 15.3 Å². The summed E-state index contributed by atoms with van der Waals surface area (Å²) in [5.41, 5.74) is 5.10. The van der Waals surface area contributed by atoms with E-state index in [-0.39, 0.29) is 0 Å². The largest absolute Gasteiger partial charge is 0.379 e. The number of rotatable bonds is 4. The van der Waals surface area contributed by atoms with Gasteiger partial charge < -0.3 is 4.74 Å². The van der Waals surface area contributed by atoms with Crippen LogP contribution < -0.4 is 5.43 Å². The lowest BCUT2D eigenvalue weighted by atomic mass is 10.1. The quantitative estimate of drug-likeness (QED) is 0.901. The third-order valence-corrected chi connectivity index (χ3v) is 4.13. The smallest absolute Gasteiger partial charge is 0.0608 e. The summed E-state index contributed by atoms with van der Waals surface area (Å²) in [5.74, 6) is 0. The van der Waals surface area contributed by atoms with Gasteiger partial charge in [0.25, 0.3) is 0 Å². The van der Waals surface area contributed by atoms with E-state index in [2.05, 4.69) is 45.7 Å². The second kappa shape index (κ2) is 7.18. The molecular formula is C16H25N3O. The maximum Gasteiger partial charge on any atom is 0.0608 e. The zero-order valence-electron chi connectivity index (χ0n) is 12.1. The van der Waals surface area contributed by atoms with E-state index in [0.717, 1.165) is 39.4 Å². The Morgan fingerprint density at radius 1 is 1.10 bits per heavy atom. The normalized spacial score (nSPS) is 25.7. The Labute approximate surface area is 121 Å². The molecule has 4 nitrogen and oxygen atoms in total. The van der Waals surface area contributed by atoms with Crippen LogP contribution in [0.1, 0.15) is 18.4 Å². The van der Waals surface area contributed by atoms with E-state index in [4.69, 9.17) is 4.74 Å². The van der Waals surface area contributed by atoms with Crippen molar-refractivity contribution in [2.45, 2.75) is 25.4 Å². The summed E-state index contributed by atoms with van der Waals surface area (Å²) in [6.45, 7) is 7.16. The number of piperidine rings is 1. The Morgan fingerprint density at radius 2 is 1.90 bits per heavy atom. The third-order valence-electron chi connectivity index (χ3n) is 4.13.